The molecule has 2 amide bonds. The maximum absolute atomic E-state index is 12.9. The lowest BCUT2D eigenvalue weighted by atomic mass is 9.89. The molecule has 26 heavy (non-hydrogen) atoms. The fraction of sp³-hybridized carbons (Fsp3) is 0.438. The Balaban J connectivity index is 2.00. The van der Waals surface area contributed by atoms with Crippen molar-refractivity contribution in [2.75, 3.05) is 0 Å². The number of rotatable bonds is 5. The molecule has 1 aromatic carbocycles. The number of carboxylic acids is 1. The molecule has 3 atom stereocenters. The molecule has 0 radical (unpaired) electrons. The number of nitrogens with one attached hydrogen (secondary N) is 1. The van der Waals surface area contributed by atoms with Crippen LogP contribution in [0.4, 0.5) is 0 Å². The number of carboxylic acid groups (broad SMARTS) is 1. The molecule has 2 fully saturated rings. The highest BCUT2D eigenvalue weighted by atomic mass is 32.2. The van der Waals surface area contributed by atoms with Crippen molar-refractivity contribution in [1.29, 1.82) is 0 Å². The van der Waals surface area contributed by atoms with Gasteiger partial charge >= 0.3 is 5.97 Å². The van der Waals surface area contributed by atoms with Gasteiger partial charge in [0.15, 0.2) is 0 Å². The van der Waals surface area contributed by atoms with Crippen LogP contribution in [0, 0.1) is 0 Å². The van der Waals surface area contributed by atoms with Crippen LogP contribution in [-0.4, -0.2) is 43.6 Å². The van der Waals surface area contributed by atoms with E-state index in [1.54, 1.807) is 44.2 Å². The number of carbonyl (C=O) groups is 3. The minimum absolute atomic E-state index is 0.234. The SMILES string of the molecule is CC1(C)S[C@@H]2CC(=O)N2[C@@]1(NC(=O)C(N=[N+]=[N-])c1ccccc1)C(=O)O. The highest BCUT2D eigenvalue weighted by Crippen LogP contribution is 2.55. The largest absolute Gasteiger partial charge is 0.478 e. The van der Waals surface area contributed by atoms with Crippen molar-refractivity contribution in [2.45, 2.75) is 42.1 Å². The summed E-state index contributed by atoms with van der Waals surface area (Å²) in [5.41, 5.74) is 7.34. The second-order valence-corrected chi connectivity index (χ2v) is 8.37. The first-order valence-corrected chi connectivity index (χ1v) is 8.77. The molecule has 9 nitrogen and oxygen atoms in total. The number of hydrogen-bond acceptors (Lipinski definition) is 5. The zero-order valence-corrected chi connectivity index (χ0v) is 14.9. The first-order chi connectivity index (χ1) is 12.2. The Hall–Kier alpha value is -2.71. The van der Waals surface area contributed by atoms with Gasteiger partial charge in [0.1, 0.15) is 6.04 Å². The molecule has 2 saturated heterocycles. The zero-order valence-electron chi connectivity index (χ0n) is 14.1. The number of aliphatic carboxylic acids is 1. The highest BCUT2D eigenvalue weighted by Gasteiger charge is 2.70. The Labute approximate surface area is 153 Å². The second kappa shape index (κ2) is 6.22. The van der Waals surface area contributed by atoms with Crippen molar-refractivity contribution >= 4 is 29.5 Å². The second-order valence-electron chi connectivity index (χ2n) is 6.57. The summed E-state index contributed by atoms with van der Waals surface area (Å²) in [5.74, 6) is -2.44. The minimum atomic E-state index is -1.91. The van der Waals surface area contributed by atoms with E-state index in [9.17, 15) is 19.5 Å². The Morgan fingerprint density at radius 3 is 2.62 bits per heavy atom. The number of nitrogens with zero attached hydrogens (tertiary/aromatic N) is 4. The summed E-state index contributed by atoms with van der Waals surface area (Å²) >= 11 is 1.33. The third-order valence-corrected chi connectivity index (χ3v) is 6.25. The number of β-lactam (4-membered cyclic amide) rings is 1. The molecule has 0 saturated carbocycles. The fourth-order valence-corrected chi connectivity index (χ4v) is 5.12. The summed E-state index contributed by atoms with van der Waals surface area (Å²) in [6, 6.07) is 7.08. The lowest BCUT2D eigenvalue weighted by Gasteiger charge is -2.46. The number of azide groups is 1. The lowest BCUT2D eigenvalue weighted by Crippen LogP contribution is -2.75. The van der Waals surface area contributed by atoms with Gasteiger partial charge in [-0.2, -0.15) is 0 Å². The van der Waals surface area contributed by atoms with E-state index in [1.165, 1.54) is 16.7 Å². The molecule has 0 aromatic heterocycles. The monoisotopic (exact) mass is 375 g/mol. The number of amides is 2. The van der Waals surface area contributed by atoms with Crippen molar-refractivity contribution in [1.82, 2.24) is 10.2 Å². The van der Waals surface area contributed by atoms with Crippen LogP contribution < -0.4 is 5.32 Å². The Kier molecular flexibility index (Phi) is 4.33. The molecule has 1 aromatic rings. The number of carbonyl (C=O) groups excluding carboxylic acids is 2. The first kappa shape index (κ1) is 18.1. The van der Waals surface area contributed by atoms with Crippen LogP contribution in [0.5, 0.6) is 0 Å². The smallest absolute Gasteiger partial charge is 0.352 e. The van der Waals surface area contributed by atoms with Gasteiger partial charge in [0.2, 0.25) is 17.5 Å². The van der Waals surface area contributed by atoms with E-state index in [4.69, 9.17) is 5.53 Å². The first-order valence-electron chi connectivity index (χ1n) is 7.89. The number of benzene rings is 1. The van der Waals surface area contributed by atoms with Gasteiger partial charge < -0.3 is 10.4 Å². The molecular formula is C16H17N5O4S. The highest BCUT2D eigenvalue weighted by molar-refractivity contribution is 8.01. The van der Waals surface area contributed by atoms with Gasteiger partial charge in [-0.1, -0.05) is 35.4 Å². The molecule has 136 valence electrons. The van der Waals surface area contributed by atoms with Crippen molar-refractivity contribution in [2.24, 2.45) is 5.11 Å². The summed E-state index contributed by atoms with van der Waals surface area (Å²) in [6.45, 7) is 3.34. The Morgan fingerprint density at radius 1 is 1.42 bits per heavy atom. The van der Waals surface area contributed by atoms with E-state index in [1.807, 2.05) is 0 Å². The zero-order chi connectivity index (χ0) is 19.1. The molecule has 2 aliphatic rings. The van der Waals surface area contributed by atoms with Gasteiger partial charge in [0, 0.05) is 4.91 Å². The van der Waals surface area contributed by atoms with E-state index in [2.05, 4.69) is 15.3 Å². The van der Waals surface area contributed by atoms with Crippen LogP contribution in [0.1, 0.15) is 31.9 Å². The normalized spacial score (nSPS) is 26.9. The molecule has 1 unspecified atom stereocenters. The molecule has 10 heteroatoms. The Bertz CT molecular complexity index is 823. The predicted octanol–water partition coefficient (Wildman–Crippen LogP) is 2.02. The van der Waals surface area contributed by atoms with Crippen molar-refractivity contribution in [3.8, 4) is 0 Å². The van der Waals surface area contributed by atoms with E-state index in [0.717, 1.165) is 0 Å². The van der Waals surface area contributed by atoms with E-state index >= 15 is 0 Å². The summed E-state index contributed by atoms with van der Waals surface area (Å²) in [5, 5.41) is 15.7. The maximum Gasteiger partial charge on any atom is 0.352 e. The minimum Gasteiger partial charge on any atom is -0.478 e. The molecule has 0 bridgehead atoms. The summed E-state index contributed by atoms with van der Waals surface area (Å²) in [7, 11) is 0. The topological polar surface area (TPSA) is 135 Å². The van der Waals surface area contributed by atoms with Crippen molar-refractivity contribution in [3.63, 3.8) is 0 Å². The maximum atomic E-state index is 12.9. The van der Waals surface area contributed by atoms with Crippen molar-refractivity contribution in [3.05, 3.63) is 46.3 Å². The van der Waals surface area contributed by atoms with E-state index in [-0.39, 0.29) is 17.7 Å². The van der Waals surface area contributed by atoms with Crippen LogP contribution >= 0.6 is 11.8 Å². The molecular weight excluding hydrogens is 358 g/mol. The van der Waals surface area contributed by atoms with Crippen LogP contribution in [-0.2, 0) is 14.4 Å². The summed E-state index contributed by atoms with van der Waals surface area (Å²) < 4.78 is -0.969. The molecule has 3 rings (SSSR count). The van der Waals surface area contributed by atoms with Gasteiger partial charge in [0.05, 0.1) is 16.5 Å². The summed E-state index contributed by atoms with van der Waals surface area (Å²) in [4.78, 5) is 41.1. The van der Waals surface area contributed by atoms with Gasteiger partial charge in [-0.25, -0.2) is 4.79 Å². The molecule has 0 spiro atoms. The predicted molar refractivity (Wildman–Crippen MR) is 93.8 cm³/mol. The van der Waals surface area contributed by atoms with Crippen LogP contribution in [0.3, 0.4) is 0 Å². The fourth-order valence-electron chi connectivity index (χ4n) is 3.43. The standard InChI is InChI=1S/C16H17N5O4S/c1-15(2)16(14(24)25,21-10(22)8-11(21)26-15)18-13(23)12(19-20-17)9-6-4-3-5-7-9/h3-7,11-12H,8H2,1-2H3,(H,18,23)(H,24,25)/t11-,12?,16+/m1/s1. The van der Waals surface area contributed by atoms with Gasteiger partial charge in [0.25, 0.3) is 0 Å². The van der Waals surface area contributed by atoms with E-state index in [0.29, 0.717) is 5.56 Å². The lowest BCUT2D eigenvalue weighted by molar-refractivity contribution is -0.173. The average molecular weight is 375 g/mol. The van der Waals surface area contributed by atoms with Crippen molar-refractivity contribution < 1.29 is 19.5 Å². The van der Waals surface area contributed by atoms with Crippen LogP contribution in [0.15, 0.2) is 35.4 Å². The van der Waals surface area contributed by atoms with Gasteiger partial charge in [-0.05, 0) is 24.9 Å². The number of thioether (sulfide) groups is 1. The molecule has 2 aliphatic heterocycles. The molecule has 0 aliphatic carbocycles. The third kappa shape index (κ3) is 2.49. The van der Waals surface area contributed by atoms with E-state index < -0.39 is 28.3 Å². The van der Waals surface area contributed by atoms with Gasteiger partial charge in [-0.15, -0.1) is 11.8 Å². The van der Waals surface area contributed by atoms with Crippen LogP contribution in [0.2, 0.25) is 0 Å². The summed E-state index contributed by atoms with van der Waals surface area (Å²) in [6.07, 6.45) is 0.234. The van der Waals surface area contributed by atoms with Crippen LogP contribution in [0.25, 0.3) is 10.4 Å². The number of hydrogen-bond donors (Lipinski definition) is 2. The van der Waals surface area contributed by atoms with Gasteiger partial charge in [-0.3, -0.25) is 14.5 Å². The molecule has 2 heterocycles. The molecule has 2 N–H and O–H groups in total. The average Bonchev–Trinajstić information content (AvgIpc) is 2.76. The third-order valence-electron chi connectivity index (χ3n) is 4.71. The quantitative estimate of drug-likeness (QED) is 0.351. The number of fused-ring (bicyclic) bond motifs is 1. The Morgan fingerprint density at radius 2 is 2.08 bits per heavy atom.